The predicted octanol–water partition coefficient (Wildman–Crippen LogP) is 0.506. The number of rotatable bonds is 5. The molecule has 92 valence electrons. The van der Waals surface area contributed by atoms with E-state index < -0.39 is 10.0 Å². The Morgan fingerprint density at radius 2 is 2.06 bits per heavy atom. The largest absolute Gasteiger partial charge is 0.497 e. The van der Waals surface area contributed by atoms with Crippen LogP contribution in [0.3, 0.4) is 0 Å². The molecule has 0 bridgehead atoms. The highest BCUT2D eigenvalue weighted by molar-refractivity contribution is 7.89. The molecule has 1 aromatic carbocycles. The lowest BCUT2D eigenvalue weighted by Gasteiger charge is -2.10. The van der Waals surface area contributed by atoms with Gasteiger partial charge in [0.25, 0.3) is 0 Å². The van der Waals surface area contributed by atoms with Gasteiger partial charge in [-0.1, -0.05) is 0 Å². The Balaban J connectivity index is 3.23. The SMILES string of the molecule is COc1ccc(OC)c(S(=O)(=O)NCC#N)c1. The number of hydrogen-bond acceptors (Lipinski definition) is 5. The van der Waals surface area contributed by atoms with E-state index >= 15 is 0 Å². The normalized spacial score (nSPS) is 10.6. The smallest absolute Gasteiger partial charge is 0.245 e. The van der Waals surface area contributed by atoms with Gasteiger partial charge in [-0.25, -0.2) is 8.42 Å². The summed E-state index contributed by atoms with van der Waals surface area (Å²) in [5.74, 6) is 0.583. The van der Waals surface area contributed by atoms with Gasteiger partial charge in [0, 0.05) is 6.07 Å². The summed E-state index contributed by atoms with van der Waals surface area (Å²) in [6.45, 7) is -0.303. The molecule has 0 atom stereocenters. The molecule has 0 unspecified atom stereocenters. The van der Waals surface area contributed by atoms with Crippen LogP contribution >= 0.6 is 0 Å². The first-order valence-electron chi connectivity index (χ1n) is 4.64. The molecular formula is C10H12N2O4S. The standard InChI is InChI=1S/C10H12N2O4S/c1-15-8-3-4-9(16-2)10(7-8)17(13,14)12-6-5-11/h3-4,7,12H,6H2,1-2H3. The van der Waals surface area contributed by atoms with Crippen LogP contribution in [0.15, 0.2) is 23.1 Å². The summed E-state index contributed by atoms with van der Waals surface area (Å²) in [6.07, 6.45) is 0. The van der Waals surface area contributed by atoms with Gasteiger partial charge < -0.3 is 9.47 Å². The zero-order valence-corrected chi connectivity index (χ0v) is 10.2. The lowest BCUT2D eigenvalue weighted by atomic mass is 10.3. The highest BCUT2D eigenvalue weighted by Crippen LogP contribution is 2.27. The zero-order valence-electron chi connectivity index (χ0n) is 9.43. The molecule has 0 aliphatic rings. The van der Waals surface area contributed by atoms with Crippen molar-refractivity contribution in [1.82, 2.24) is 4.72 Å². The Morgan fingerprint density at radius 3 is 2.59 bits per heavy atom. The molecule has 0 spiro atoms. The fraction of sp³-hybridized carbons (Fsp3) is 0.300. The number of nitrogens with zero attached hydrogens (tertiary/aromatic N) is 1. The minimum atomic E-state index is -3.78. The second-order valence-electron chi connectivity index (χ2n) is 3.00. The summed E-state index contributed by atoms with van der Waals surface area (Å²) in [7, 11) is -0.978. The van der Waals surface area contributed by atoms with E-state index in [2.05, 4.69) is 4.72 Å². The van der Waals surface area contributed by atoms with Crippen molar-refractivity contribution in [1.29, 1.82) is 5.26 Å². The highest BCUT2D eigenvalue weighted by Gasteiger charge is 2.19. The first-order valence-corrected chi connectivity index (χ1v) is 6.12. The van der Waals surface area contributed by atoms with Crippen LogP contribution in [0.2, 0.25) is 0 Å². The Labute approximate surface area is 99.8 Å². The van der Waals surface area contributed by atoms with Crippen molar-refractivity contribution in [3.05, 3.63) is 18.2 Å². The average Bonchev–Trinajstić information content (AvgIpc) is 2.35. The van der Waals surface area contributed by atoms with Crippen LogP contribution in [0, 0.1) is 11.3 Å². The molecular weight excluding hydrogens is 244 g/mol. The molecule has 0 saturated carbocycles. The van der Waals surface area contributed by atoms with Gasteiger partial charge in [0.15, 0.2) is 0 Å². The second kappa shape index (κ2) is 5.52. The first-order chi connectivity index (χ1) is 8.05. The van der Waals surface area contributed by atoms with Crippen molar-refractivity contribution in [3.63, 3.8) is 0 Å². The van der Waals surface area contributed by atoms with Gasteiger partial charge in [0.2, 0.25) is 10.0 Å². The van der Waals surface area contributed by atoms with Crippen LogP contribution in [-0.4, -0.2) is 29.2 Å². The van der Waals surface area contributed by atoms with Crippen LogP contribution in [0.1, 0.15) is 0 Å². The molecule has 0 aromatic heterocycles. The molecule has 1 aromatic rings. The summed E-state index contributed by atoms with van der Waals surface area (Å²) in [4.78, 5) is -0.0606. The fourth-order valence-electron chi connectivity index (χ4n) is 1.20. The van der Waals surface area contributed by atoms with E-state index in [1.165, 1.54) is 26.4 Å². The summed E-state index contributed by atoms with van der Waals surface area (Å²) in [6, 6.07) is 6.10. The van der Waals surface area contributed by atoms with Crippen molar-refractivity contribution in [2.75, 3.05) is 20.8 Å². The maximum atomic E-state index is 11.8. The summed E-state index contributed by atoms with van der Waals surface area (Å²) < 4.78 is 35.7. The van der Waals surface area contributed by atoms with E-state index in [0.29, 0.717) is 5.75 Å². The molecule has 1 N–H and O–H groups in total. The number of nitriles is 1. The van der Waals surface area contributed by atoms with Crippen molar-refractivity contribution < 1.29 is 17.9 Å². The predicted molar refractivity (Wildman–Crippen MR) is 60.3 cm³/mol. The molecule has 0 amide bonds. The zero-order chi connectivity index (χ0) is 12.9. The van der Waals surface area contributed by atoms with Gasteiger partial charge in [0.05, 0.1) is 26.8 Å². The average molecular weight is 256 g/mol. The van der Waals surface area contributed by atoms with Gasteiger partial charge in [0.1, 0.15) is 16.4 Å². The van der Waals surface area contributed by atoms with E-state index in [0.717, 1.165) is 0 Å². The molecule has 0 radical (unpaired) electrons. The quantitative estimate of drug-likeness (QED) is 0.775. The molecule has 0 aliphatic heterocycles. The molecule has 0 heterocycles. The molecule has 0 aliphatic carbocycles. The third kappa shape index (κ3) is 3.09. The summed E-state index contributed by atoms with van der Waals surface area (Å²) >= 11 is 0. The maximum absolute atomic E-state index is 11.8. The van der Waals surface area contributed by atoms with Gasteiger partial charge in [-0.3, -0.25) is 0 Å². The van der Waals surface area contributed by atoms with Crippen molar-refractivity contribution in [3.8, 4) is 17.6 Å². The second-order valence-corrected chi connectivity index (χ2v) is 4.73. The molecule has 0 saturated heterocycles. The number of benzene rings is 1. The van der Waals surface area contributed by atoms with E-state index in [4.69, 9.17) is 14.7 Å². The molecule has 1 rings (SSSR count). The third-order valence-electron chi connectivity index (χ3n) is 2.00. The van der Waals surface area contributed by atoms with Gasteiger partial charge >= 0.3 is 0 Å². The number of methoxy groups -OCH3 is 2. The highest BCUT2D eigenvalue weighted by atomic mass is 32.2. The van der Waals surface area contributed by atoms with Gasteiger partial charge in [-0.15, -0.1) is 0 Å². The minimum absolute atomic E-state index is 0.0606. The number of ether oxygens (including phenoxy) is 2. The van der Waals surface area contributed by atoms with E-state index in [1.54, 1.807) is 12.1 Å². The van der Waals surface area contributed by atoms with Gasteiger partial charge in [-0.05, 0) is 12.1 Å². The number of sulfonamides is 1. The lowest BCUT2D eigenvalue weighted by molar-refractivity contribution is 0.392. The van der Waals surface area contributed by atoms with E-state index in [1.807, 2.05) is 0 Å². The van der Waals surface area contributed by atoms with Crippen molar-refractivity contribution >= 4 is 10.0 Å². The summed E-state index contributed by atoms with van der Waals surface area (Å²) in [5, 5.41) is 8.37. The Bertz CT molecular complexity index is 534. The minimum Gasteiger partial charge on any atom is -0.497 e. The molecule has 0 fully saturated rings. The number of hydrogen-bond donors (Lipinski definition) is 1. The molecule has 6 nitrogen and oxygen atoms in total. The molecule has 17 heavy (non-hydrogen) atoms. The van der Waals surface area contributed by atoms with E-state index in [-0.39, 0.29) is 17.2 Å². The van der Waals surface area contributed by atoms with Crippen LogP contribution in [-0.2, 0) is 10.0 Å². The first kappa shape index (κ1) is 13.3. The third-order valence-corrected chi connectivity index (χ3v) is 3.42. The Kier molecular flexibility index (Phi) is 4.31. The van der Waals surface area contributed by atoms with Crippen LogP contribution < -0.4 is 14.2 Å². The van der Waals surface area contributed by atoms with Crippen molar-refractivity contribution in [2.45, 2.75) is 4.90 Å². The van der Waals surface area contributed by atoms with Crippen LogP contribution in [0.4, 0.5) is 0 Å². The van der Waals surface area contributed by atoms with Gasteiger partial charge in [-0.2, -0.15) is 9.98 Å². The van der Waals surface area contributed by atoms with Crippen LogP contribution in [0.5, 0.6) is 11.5 Å². The topological polar surface area (TPSA) is 88.4 Å². The fourth-order valence-corrected chi connectivity index (χ4v) is 2.30. The Morgan fingerprint density at radius 1 is 1.35 bits per heavy atom. The monoisotopic (exact) mass is 256 g/mol. The van der Waals surface area contributed by atoms with Crippen LogP contribution in [0.25, 0.3) is 0 Å². The Hall–Kier alpha value is -1.78. The molecule has 7 heteroatoms. The van der Waals surface area contributed by atoms with Crippen molar-refractivity contribution in [2.24, 2.45) is 0 Å². The lowest BCUT2D eigenvalue weighted by Crippen LogP contribution is -2.24. The number of nitrogens with one attached hydrogen (secondary N) is 1. The maximum Gasteiger partial charge on any atom is 0.245 e. The summed E-state index contributed by atoms with van der Waals surface area (Å²) in [5.41, 5.74) is 0. The van der Waals surface area contributed by atoms with E-state index in [9.17, 15) is 8.42 Å².